The van der Waals surface area contributed by atoms with Crippen LogP contribution in [0.2, 0.25) is 0 Å². The van der Waals surface area contributed by atoms with E-state index >= 15 is 0 Å². The highest BCUT2D eigenvalue weighted by Gasteiger charge is 2.36. The zero-order valence-electron chi connectivity index (χ0n) is 39.0. The summed E-state index contributed by atoms with van der Waals surface area (Å²) in [7, 11) is 0. The van der Waals surface area contributed by atoms with Crippen molar-refractivity contribution in [2.24, 2.45) is 29.4 Å². The van der Waals surface area contributed by atoms with Crippen LogP contribution in [0.1, 0.15) is 73.8 Å². The van der Waals surface area contributed by atoms with Crippen molar-refractivity contribution < 1.29 is 63.3 Å². The lowest BCUT2D eigenvalue weighted by Crippen LogP contribution is -2.62. The van der Waals surface area contributed by atoms with Crippen molar-refractivity contribution in [2.75, 3.05) is 25.2 Å². The summed E-state index contributed by atoms with van der Waals surface area (Å²) in [5.74, 6) is -11.5. The van der Waals surface area contributed by atoms with Gasteiger partial charge in [-0.1, -0.05) is 85.7 Å². The Morgan fingerprint density at radius 3 is 1.45 bits per heavy atom. The van der Waals surface area contributed by atoms with Crippen LogP contribution in [0.25, 0.3) is 0 Å². The molecule has 8 amide bonds. The van der Waals surface area contributed by atoms with Crippen LogP contribution in [-0.4, -0.2) is 148 Å². The van der Waals surface area contributed by atoms with Crippen LogP contribution in [0.5, 0.6) is 0 Å². The lowest BCUT2D eigenvalue weighted by atomic mass is 9.98. The van der Waals surface area contributed by atoms with Gasteiger partial charge in [-0.15, -0.1) is 0 Å². The second kappa shape index (κ2) is 29.0. The molecule has 0 saturated carbocycles. The van der Waals surface area contributed by atoms with Crippen molar-refractivity contribution in [3.05, 3.63) is 35.9 Å². The Kier molecular flexibility index (Phi) is 25.5. The first-order valence-corrected chi connectivity index (χ1v) is 23.0. The molecule has 66 heavy (non-hydrogen) atoms. The Bertz CT molecular complexity index is 1830. The molecule has 0 heterocycles. The molecule has 0 spiro atoms. The number of carbonyl (C=O) groups excluding carboxylic acids is 8. The van der Waals surface area contributed by atoms with Crippen LogP contribution in [0.4, 0.5) is 0 Å². The SMILES string of the molecule is CSCC[C@H](NC(=O)[C@@H](N)CO)C(=O)NCC(=O)N[C@H](C(=O)N[C@@H](CC(=O)O)C(=O)N[C@H](C(=O)N[C@@H](Cc1ccccc1)C(=O)N[C@H](C(=O)N[C@H](C(=O)O)C(C)C)C(C)C)C(C)C)C(C)C. The Morgan fingerprint density at radius 2 is 1.00 bits per heavy atom. The van der Waals surface area contributed by atoms with Gasteiger partial charge in [0.2, 0.25) is 47.3 Å². The van der Waals surface area contributed by atoms with Crippen LogP contribution in [0.15, 0.2) is 30.3 Å². The monoisotopic (exact) mass is 951 g/mol. The van der Waals surface area contributed by atoms with Crippen molar-refractivity contribution in [1.29, 1.82) is 0 Å². The molecule has 370 valence electrons. The van der Waals surface area contributed by atoms with Gasteiger partial charge >= 0.3 is 11.9 Å². The third-order valence-corrected chi connectivity index (χ3v) is 10.8. The topological polar surface area (TPSA) is 354 Å². The number of hydrogen-bond donors (Lipinski definition) is 12. The Morgan fingerprint density at radius 1 is 0.561 bits per heavy atom. The number of hydrogen-bond acceptors (Lipinski definition) is 13. The average Bonchev–Trinajstić information content (AvgIpc) is 3.24. The molecule has 1 aromatic carbocycles. The second-order valence-electron chi connectivity index (χ2n) is 17.1. The Labute approximate surface area is 389 Å². The normalized spacial score (nSPS) is 14.9. The fraction of sp³-hybridized carbons (Fsp3) is 0.628. The predicted octanol–water partition coefficient (Wildman–Crippen LogP) is -2.01. The first-order valence-electron chi connectivity index (χ1n) is 21.6. The van der Waals surface area contributed by atoms with E-state index in [-0.39, 0.29) is 12.8 Å². The zero-order chi connectivity index (χ0) is 50.4. The summed E-state index contributed by atoms with van der Waals surface area (Å²) in [6.45, 7) is 11.5. The quantitative estimate of drug-likeness (QED) is 0.0413. The minimum Gasteiger partial charge on any atom is -0.481 e. The number of amides is 8. The number of carboxylic acid groups (broad SMARTS) is 2. The number of aliphatic hydroxyl groups excluding tert-OH is 1. The maximum atomic E-state index is 14.0. The summed E-state index contributed by atoms with van der Waals surface area (Å²) in [6, 6.07) is -2.16. The number of benzene rings is 1. The van der Waals surface area contributed by atoms with Crippen LogP contribution >= 0.6 is 11.8 Å². The standard InChI is InChI=1S/C43H69N9O13S/c1-21(2)32(49-30(54)19-45-37(58)27(15-16-66-9)46-36(57)26(44)20-53)40(61)48-29(18-31(55)56)39(60)50-33(22(3)4)41(62)47-28(17-25-13-11-10-12-14-25)38(59)51-34(23(5)6)42(63)52-35(24(7)8)43(64)65/h10-14,21-24,26-29,32-35,53H,15-20,44H2,1-9H3,(H,45,58)(H,46,57)(H,47,62)(H,48,61)(H,49,54)(H,50,60)(H,51,59)(H,52,63)(H,55,56)(H,64,65)/t26-,27-,28-,29-,32-,33-,34-,35-/m0/s1. The molecule has 0 aliphatic carbocycles. The summed E-state index contributed by atoms with van der Waals surface area (Å²) in [6.07, 6.45) is 0.924. The van der Waals surface area contributed by atoms with E-state index in [1.807, 2.05) is 0 Å². The first-order chi connectivity index (χ1) is 30.8. The fourth-order valence-electron chi connectivity index (χ4n) is 6.22. The highest BCUT2D eigenvalue weighted by atomic mass is 32.2. The van der Waals surface area contributed by atoms with Crippen molar-refractivity contribution >= 4 is 71.0 Å². The van der Waals surface area contributed by atoms with Gasteiger partial charge in [0.15, 0.2) is 0 Å². The minimum atomic E-state index is -1.78. The van der Waals surface area contributed by atoms with Gasteiger partial charge < -0.3 is 63.6 Å². The summed E-state index contributed by atoms with van der Waals surface area (Å²) in [5, 5.41) is 48.3. The van der Waals surface area contributed by atoms with Gasteiger partial charge in [0, 0.05) is 6.42 Å². The summed E-state index contributed by atoms with van der Waals surface area (Å²) in [4.78, 5) is 131. The van der Waals surface area contributed by atoms with E-state index in [9.17, 15) is 63.3 Å². The van der Waals surface area contributed by atoms with Gasteiger partial charge in [0.1, 0.15) is 48.3 Å². The molecule has 0 fully saturated rings. The number of nitrogens with one attached hydrogen (secondary N) is 8. The zero-order valence-corrected chi connectivity index (χ0v) is 39.8. The van der Waals surface area contributed by atoms with E-state index in [0.29, 0.717) is 11.3 Å². The molecule has 0 saturated heterocycles. The molecule has 0 aromatic heterocycles. The number of aliphatic hydroxyl groups is 1. The van der Waals surface area contributed by atoms with Gasteiger partial charge in [-0.3, -0.25) is 43.2 Å². The molecule has 0 bridgehead atoms. The average molecular weight is 952 g/mol. The molecule has 13 N–H and O–H groups in total. The highest BCUT2D eigenvalue weighted by Crippen LogP contribution is 2.12. The minimum absolute atomic E-state index is 0.0778. The first kappa shape index (κ1) is 58.2. The summed E-state index contributed by atoms with van der Waals surface area (Å²) < 4.78 is 0. The smallest absolute Gasteiger partial charge is 0.326 e. The van der Waals surface area contributed by atoms with E-state index in [1.54, 1.807) is 92.0 Å². The number of thioether (sulfide) groups is 1. The molecule has 23 heteroatoms. The van der Waals surface area contributed by atoms with Gasteiger partial charge in [-0.05, 0) is 47.7 Å². The molecule has 1 rings (SSSR count). The van der Waals surface area contributed by atoms with Crippen LogP contribution in [-0.2, 0) is 54.4 Å². The Hall–Kier alpha value is -5.81. The van der Waals surface area contributed by atoms with Gasteiger partial charge in [-0.25, -0.2) is 4.79 Å². The molecule has 0 unspecified atom stereocenters. The van der Waals surface area contributed by atoms with Crippen molar-refractivity contribution in [3.63, 3.8) is 0 Å². The lowest BCUT2D eigenvalue weighted by Gasteiger charge is -2.30. The van der Waals surface area contributed by atoms with Gasteiger partial charge in [0.05, 0.1) is 19.6 Å². The Balaban J connectivity index is 3.29. The molecule has 1 aromatic rings. The summed E-state index contributed by atoms with van der Waals surface area (Å²) in [5.41, 5.74) is 6.16. The van der Waals surface area contributed by atoms with Crippen LogP contribution in [0.3, 0.4) is 0 Å². The number of aliphatic carboxylic acids is 2. The van der Waals surface area contributed by atoms with Crippen LogP contribution < -0.4 is 48.3 Å². The number of carbonyl (C=O) groups is 10. The molecule has 0 radical (unpaired) electrons. The number of rotatable bonds is 29. The maximum Gasteiger partial charge on any atom is 0.326 e. The van der Waals surface area contributed by atoms with Crippen LogP contribution in [0, 0.1) is 23.7 Å². The maximum absolute atomic E-state index is 14.0. The van der Waals surface area contributed by atoms with Gasteiger partial charge in [-0.2, -0.15) is 11.8 Å². The third-order valence-electron chi connectivity index (χ3n) is 10.1. The van der Waals surface area contributed by atoms with Crippen molar-refractivity contribution in [2.45, 2.75) is 123 Å². The summed E-state index contributed by atoms with van der Waals surface area (Å²) >= 11 is 1.39. The predicted molar refractivity (Wildman–Crippen MR) is 244 cm³/mol. The van der Waals surface area contributed by atoms with E-state index in [1.165, 1.54) is 11.8 Å². The van der Waals surface area contributed by atoms with Crippen molar-refractivity contribution in [3.8, 4) is 0 Å². The molecular weight excluding hydrogens is 883 g/mol. The molecule has 8 atom stereocenters. The third kappa shape index (κ3) is 20.1. The van der Waals surface area contributed by atoms with Gasteiger partial charge in [0.25, 0.3) is 0 Å². The fourth-order valence-corrected chi connectivity index (χ4v) is 6.69. The number of nitrogens with two attached hydrogens (primary N) is 1. The highest BCUT2D eigenvalue weighted by molar-refractivity contribution is 7.98. The van der Waals surface area contributed by atoms with E-state index < -0.39 is 151 Å². The van der Waals surface area contributed by atoms with Crippen molar-refractivity contribution in [1.82, 2.24) is 42.5 Å². The second-order valence-corrected chi connectivity index (χ2v) is 18.1. The van der Waals surface area contributed by atoms with E-state index in [2.05, 4.69) is 42.5 Å². The molecule has 22 nitrogen and oxygen atoms in total. The largest absolute Gasteiger partial charge is 0.481 e. The lowest BCUT2D eigenvalue weighted by molar-refractivity contribution is -0.144. The molecule has 0 aliphatic rings. The molecule has 0 aliphatic heterocycles. The molecular formula is C43H69N9O13S. The number of carboxylic acids is 2. The van der Waals surface area contributed by atoms with E-state index in [4.69, 9.17) is 5.73 Å². The van der Waals surface area contributed by atoms with E-state index in [0.717, 1.165) is 0 Å².